The minimum Gasteiger partial charge on any atom is -0.503 e. The Labute approximate surface area is 84.2 Å². The van der Waals surface area contributed by atoms with Crippen LogP contribution in [0.25, 0.3) is 5.69 Å². The molecule has 1 heterocycles. The summed E-state index contributed by atoms with van der Waals surface area (Å²) in [6.07, 6.45) is 1.08. The molecule has 0 saturated heterocycles. The predicted molar refractivity (Wildman–Crippen MR) is 54.3 cm³/mol. The summed E-state index contributed by atoms with van der Waals surface area (Å²) in [6, 6.07) is 8.63. The molecule has 0 bridgehead atoms. The van der Waals surface area contributed by atoms with Crippen LogP contribution in [0.5, 0.6) is 5.75 Å². The van der Waals surface area contributed by atoms with Gasteiger partial charge in [-0.15, -0.1) is 0 Å². The van der Waals surface area contributed by atoms with Gasteiger partial charge in [-0.3, -0.25) is 14.7 Å². The molecule has 0 radical (unpaired) electrons. The molecule has 15 heavy (non-hydrogen) atoms. The molecule has 0 atom stereocenters. The van der Waals surface area contributed by atoms with Gasteiger partial charge < -0.3 is 5.11 Å². The molecule has 0 aliphatic rings. The average molecular weight is 204 g/mol. The molecule has 1 aromatic carbocycles. The molecule has 0 unspecified atom stereocenters. The summed E-state index contributed by atoms with van der Waals surface area (Å²) in [5, 5.41) is 11.5. The summed E-state index contributed by atoms with van der Waals surface area (Å²) in [4.78, 5) is 22.6. The number of aromatic hydroxyl groups is 1. The van der Waals surface area contributed by atoms with Crippen molar-refractivity contribution in [2.75, 3.05) is 0 Å². The molecule has 2 aromatic rings. The van der Waals surface area contributed by atoms with E-state index in [1.54, 1.807) is 30.3 Å². The standard InChI is InChI=1S/C10H8N2O3/c13-8-6-11-12(10(15)9(8)14)7-4-2-1-3-5-7/h1-6,11,13H. The molecule has 0 saturated carbocycles. The van der Waals surface area contributed by atoms with Gasteiger partial charge in [-0.25, -0.2) is 4.68 Å². The topological polar surface area (TPSA) is 75.1 Å². The summed E-state index contributed by atoms with van der Waals surface area (Å²) in [5.74, 6) is -0.577. The van der Waals surface area contributed by atoms with E-state index in [-0.39, 0.29) is 0 Å². The Morgan fingerprint density at radius 2 is 1.80 bits per heavy atom. The van der Waals surface area contributed by atoms with E-state index in [2.05, 4.69) is 5.10 Å². The first-order valence-electron chi connectivity index (χ1n) is 4.29. The van der Waals surface area contributed by atoms with E-state index in [4.69, 9.17) is 5.11 Å². The lowest BCUT2D eigenvalue weighted by atomic mass is 10.3. The Hall–Kier alpha value is -2.30. The highest BCUT2D eigenvalue weighted by Gasteiger charge is 2.06. The number of hydrogen-bond donors (Lipinski definition) is 2. The SMILES string of the molecule is O=c1c(O)c[nH]n(-c2ccccc2)c1=O. The molecule has 5 nitrogen and oxygen atoms in total. The van der Waals surface area contributed by atoms with Crippen LogP contribution in [0.15, 0.2) is 46.1 Å². The predicted octanol–water partition coefficient (Wildman–Crippen LogP) is 0.231. The molecule has 0 aliphatic heterocycles. The Balaban J connectivity index is 2.72. The van der Waals surface area contributed by atoms with Gasteiger partial charge in [0.2, 0.25) is 0 Å². The number of hydrogen-bond acceptors (Lipinski definition) is 3. The lowest BCUT2D eigenvalue weighted by molar-refractivity contribution is 0.461. The molecule has 1 aromatic heterocycles. The first-order valence-corrected chi connectivity index (χ1v) is 4.29. The van der Waals surface area contributed by atoms with Crippen molar-refractivity contribution in [3.63, 3.8) is 0 Å². The van der Waals surface area contributed by atoms with Crippen molar-refractivity contribution < 1.29 is 5.11 Å². The first kappa shape index (κ1) is 9.26. The van der Waals surface area contributed by atoms with E-state index in [1.807, 2.05) is 0 Å². The van der Waals surface area contributed by atoms with Crippen LogP contribution in [0, 0.1) is 0 Å². The van der Waals surface area contributed by atoms with Crippen molar-refractivity contribution in [3.8, 4) is 11.4 Å². The van der Waals surface area contributed by atoms with Gasteiger partial charge in [0, 0.05) is 0 Å². The molecule has 0 fully saturated rings. The van der Waals surface area contributed by atoms with E-state index in [9.17, 15) is 9.59 Å². The normalized spacial score (nSPS) is 10.1. The highest BCUT2D eigenvalue weighted by atomic mass is 16.3. The molecule has 2 N–H and O–H groups in total. The third-order valence-electron chi connectivity index (χ3n) is 1.97. The maximum Gasteiger partial charge on any atom is 0.321 e. The number of benzene rings is 1. The van der Waals surface area contributed by atoms with Crippen LogP contribution < -0.4 is 11.0 Å². The number of nitrogens with one attached hydrogen (secondary N) is 1. The van der Waals surface area contributed by atoms with Crippen molar-refractivity contribution in [1.29, 1.82) is 0 Å². The highest BCUT2D eigenvalue weighted by Crippen LogP contribution is 2.01. The zero-order valence-corrected chi connectivity index (χ0v) is 7.68. The van der Waals surface area contributed by atoms with Crippen LogP contribution in [0.2, 0.25) is 0 Å². The van der Waals surface area contributed by atoms with E-state index in [0.29, 0.717) is 5.69 Å². The Bertz CT molecular complexity index is 584. The second-order valence-electron chi connectivity index (χ2n) is 2.96. The van der Waals surface area contributed by atoms with Crippen molar-refractivity contribution in [3.05, 3.63) is 57.1 Å². The monoisotopic (exact) mass is 204 g/mol. The van der Waals surface area contributed by atoms with Gasteiger partial charge in [-0.2, -0.15) is 0 Å². The van der Waals surface area contributed by atoms with Gasteiger partial charge >= 0.3 is 5.56 Å². The summed E-state index contributed by atoms with van der Waals surface area (Å²) in [5.41, 5.74) is -1.18. The second-order valence-corrected chi connectivity index (χ2v) is 2.96. The average Bonchev–Trinajstić information content (AvgIpc) is 2.27. The van der Waals surface area contributed by atoms with E-state index in [1.165, 1.54) is 0 Å². The van der Waals surface area contributed by atoms with Gasteiger partial charge in [-0.05, 0) is 12.1 Å². The summed E-state index contributed by atoms with van der Waals surface area (Å²) in [7, 11) is 0. The Morgan fingerprint density at radius 1 is 1.13 bits per heavy atom. The number of H-pyrrole nitrogens is 1. The van der Waals surface area contributed by atoms with Crippen LogP contribution in [0.1, 0.15) is 0 Å². The van der Waals surface area contributed by atoms with Gasteiger partial charge in [0.25, 0.3) is 5.43 Å². The molecule has 0 spiro atoms. The van der Waals surface area contributed by atoms with Gasteiger partial charge in [0.05, 0.1) is 11.9 Å². The molecular weight excluding hydrogens is 196 g/mol. The fraction of sp³-hybridized carbons (Fsp3) is 0. The molecular formula is C10H8N2O3. The van der Waals surface area contributed by atoms with Crippen LogP contribution in [0.3, 0.4) is 0 Å². The number of nitrogens with zero attached hydrogens (tertiary/aromatic N) is 1. The zero-order valence-electron chi connectivity index (χ0n) is 7.68. The fourth-order valence-corrected chi connectivity index (χ4v) is 1.23. The number of aromatic nitrogens is 2. The van der Waals surface area contributed by atoms with Crippen molar-refractivity contribution >= 4 is 0 Å². The largest absolute Gasteiger partial charge is 0.503 e. The van der Waals surface area contributed by atoms with E-state index < -0.39 is 16.7 Å². The minimum absolute atomic E-state index is 0.541. The highest BCUT2D eigenvalue weighted by molar-refractivity contribution is 5.30. The van der Waals surface area contributed by atoms with Crippen molar-refractivity contribution in [2.24, 2.45) is 0 Å². The summed E-state index contributed by atoms with van der Waals surface area (Å²) in [6.45, 7) is 0. The Morgan fingerprint density at radius 3 is 2.47 bits per heavy atom. The molecule has 2 rings (SSSR count). The zero-order chi connectivity index (χ0) is 10.8. The number of rotatable bonds is 1. The quantitative estimate of drug-likeness (QED) is 0.653. The first-order chi connectivity index (χ1) is 7.20. The number of aromatic amines is 1. The second kappa shape index (κ2) is 3.45. The van der Waals surface area contributed by atoms with Gasteiger partial charge in [0.1, 0.15) is 0 Å². The van der Waals surface area contributed by atoms with Crippen LogP contribution >= 0.6 is 0 Å². The van der Waals surface area contributed by atoms with E-state index >= 15 is 0 Å². The van der Waals surface area contributed by atoms with Crippen molar-refractivity contribution in [2.45, 2.75) is 0 Å². The molecule has 0 amide bonds. The maximum atomic E-state index is 11.4. The molecule has 5 heteroatoms. The Kier molecular flexibility index (Phi) is 2.13. The van der Waals surface area contributed by atoms with Crippen LogP contribution in [-0.4, -0.2) is 14.9 Å². The fourth-order valence-electron chi connectivity index (χ4n) is 1.23. The maximum absolute atomic E-state index is 11.4. The van der Waals surface area contributed by atoms with E-state index in [0.717, 1.165) is 10.9 Å². The third kappa shape index (κ3) is 1.54. The summed E-state index contributed by atoms with van der Waals surface area (Å²) < 4.78 is 1.07. The minimum atomic E-state index is -0.919. The number of para-hydroxylation sites is 1. The van der Waals surface area contributed by atoms with Crippen molar-refractivity contribution in [1.82, 2.24) is 9.78 Å². The summed E-state index contributed by atoms with van der Waals surface area (Å²) >= 11 is 0. The lowest BCUT2D eigenvalue weighted by Crippen LogP contribution is -2.34. The van der Waals surface area contributed by atoms with Crippen LogP contribution in [-0.2, 0) is 0 Å². The lowest BCUT2D eigenvalue weighted by Gasteiger charge is -2.03. The van der Waals surface area contributed by atoms with Crippen LogP contribution in [0.4, 0.5) is 0 Å². The smallest absolute Gasteiger partial charge is 0.321 e. The van der Waals surface area contributed by atoms with Gasteiger partial charge in [-0.1, -0.05) is 18.2 Å². The molecule has 76 valence electrons. The molecule has 0 aliphatic carbocycles. The third-order valence-corrected chi connectivity index (χ3v) is 1.97. The van der Waals surface area contributed by atoms with Gasteiger partial charge in [0.15, 0.2) is 5.75 Å².